The third kappa shape index (κ3) is 7.68. The van der Waals surface area contributed by atoms with E-state index >= 15 is 0 Å². The smallest absolute Gasteiger partial charge is 0.229 e. The van der Waals surface area contributed by atoms with E-state index in [1.165, 1.54) is 17.6 Å². The molecule has 0 aliphatic carbocycles. The van der Waals surface area contributed by atoms with Gasteiger partial charge in [0.05, 0.1) is 15.1 Å². The average molecular weight is 528 g/mol. The molecular formula is C23H30ClN3O3S3. The molecule has 0 bridgehead atoms. The first kappa shape index (κ1) is 27.6. The Morgan fingerprint density at radius 2 is 1.76 bits per heavy atom. The van der Waals surface area contributed by atoms with Crippen LogP contribution in [0.25, 0.3) is 10.2 Å². The van der Waals surface area contributed by atoms with Gasteiger partial charge in [-0.15, -0.1) is 24.2 Å². The molecule has 1 amide bonds. The van der Waals surface area contributed by atoms with E-state index in [1.54, 1.807) is 34.9 Å². The molecule has 0 radical (unpaired) electrons. The van der Waals surface area contributed by atoms with Gasteiger partial charge in [-0.1, -0.05) is 43.4 Å². The average Bonchev–Trinajstić information content (AvgIpc) is 3.20. The lowest BCUT2D eigenvalue weighted by atomic mass is 10.3. The molecule has 0 saturated heterocycles. The van der Waals surface area contributed by atoms with Crippen molar-refractivity contribution in [3.8, 4) is 0 Å². The first-order valence-electron chi connectivity index (χ1n) is 10.6. The molecule has 0 fully saturated rings. The first-order chi connectivity index (χ1) is 15.3. The van der Waals surface area contributed by atoms with E-state index in [0.717, 1.165) is 29.2 Å². The van der Waals surface area contributed by atoms with Crippen molar-refractivity contribution in [1.82, 2.24) is 9.88 Å². The lowest BCUT2D eigenvalue weighted by Crippen LogP contribution is -2.39. The summed E-state index contributed by atoms with van der Waals surface area (Å²) in [5.41, 5.74) is 0.705. The number of halogens is 1. The van der Waals surface area contributed by atoms with E-state index in [4.69, 9.17) is 0 Å². The van der Waals surface area contributed by atoms with Crippen LogP contribution < -0.4 is 4.90 Å². The van der Waals surface area contributed by atoms with Gasteiger partial charge in [0, 0.05) is 36.4 Å². The number of thioether (sulfide) groups is 1. The zero-order valence-electron chi connectivity index (χ0n) is 19.1. The number of thiazole rings is 1. The van der Waals surface area contributed by atoms with E-state index in [1.807, 2.05) is 30.3 Å². The molecule has 0 spiro atoms. The Balaban J connectivity index is 0.00000385. The van der Waals surface area contributed by atoms with Crippen LogP contribution in [-0.2, 0) is 14.6 Å². The number of carbonyl (C=O) groups excluding carboxylic acids is 1. The minimum absolute atomic E-state index is 0. The van der Waals surface area contributed by atoms with Gasteiger partial charge in [-0.25, -0.2) is 13.4 Å². The van der Waals surface area contributed by atoms with Crippen LogP contribution in [-0.4, -0.2) is 62.4 Å². The van der Waals surface area contributed by atoms with Crippen LogP contribution in [0.2, 0.25) is 0 Å². The standard InChI is InChI=1S/C23H29N3O3S3.ClH/c1-4-25(5-2)14-15-26(22(27)13-16-30-18-9-7-6-8-10-18)23-24-20-12-11-19(32(3,28)29)17-21(20)31-23;/h6-12,17H,4-5,13-16H2,1-3H3;1H. The third-order valence-electron chi connectivity index (χ3n) is 5.17. The zero-order chi connectivity index (χ0) is 23.1. The van der Waals surface area contributed by atoms with E-state index in [-0.39, 0.29) is 23.2 Å². The summed E-state index contributed by atoms with van der Waals surface area (Å²) >= 11 is 3.03. The van der Waals surface area contributed by atoms with Gasteiger partial charge < -0.3 is 4.90 Å². The van der Waals surface area contributed by atoms with Gasteiger partial charge in [-0.05, 0) is 43.4 Å². The van der Waals surface area contributed by atoms with Crippen molar-refractivity contribution in [1.29, 1.82) is 0 Å². The monoisotopic (exact) mass is 527 g/mol. The molecule has 3 aromatic rings. The number of benzene rings is 2. The second kappa shape index (κ2) is 12.7. The fourth-order valence-corrected chi connectivity index (χ4v) is 5.89. The quantitative estimate of drug-likeness (QED) is 0.327. The molecule has 1 heterocycles. The number of anilines is 1. The van der Waals surface area contributed by atoms with Crippen molar-refractivity contribution in [2.45, 2.75) is 30.1 Å². The number of nitrogens with zero attached hydrogens (tertiary/aromatic N) is 3. The predicted molar refractivity (Wildman–Crippen MR) is 142 cm³/mol. The van der Waals surface area contributed by atoms with Crippen LogP contribution in [0.1, 0.15) is 20.3 Å². The van der Waals surface area contributed by atoms with Crippen LogP contribution >= 0.6 is 35.5 Å². The highest BCUT2D eigenvalue weighted by Gasteiger charge is 2.21. The highest BCUT2D eigenvalue weighted by molar-refractivity contribution is 7.99. The number of likely N-dealkylation sites (N-methyl/N-ethyl adjacent to an activating group) is 1. The summed E-state index contributed by atoms with van der Waals surface area (Å²) in [6.45, 7) is 7.36. The molecular weight excluding hydrogens is 498 g/mol. The minimum atomic E-state index is -3.30. The van der Waals surface area contributed by atoms with Gasteiger partial charge in [0.2, 0.25) is 5.91 Å². The number of sulfone groups is 1. The maximum atomic E-state index is 13.2. The van der Waals surface area contributed by atoms with E-state index in [9.17, 15) is 13.2 Å². The Bertz CT molecular complexity index is 1150. The lowest BCUT2D eigenvalue weighted by molar-refractivity contribution is -0.118. The summed E-state index contributed by atoms with van der Waals surface area (Å²) in [7, 11) is -3.30. The summed E-state index contributed by atoms with van der Waals surface area (Å²) in [4.78, 5) is 23.3. The van der Waals surface area contributed by atoms with E-state index < -0.39 is 9.84 Å². The molecule has 180 valence electrons. The van der Waals surface area contributed by atoms with Crippen LogP contribution in [0.15, 0.2) is 58.3 Å². The minimum Gasteiger partial charge on any atom is -0.302 e. The van der Waals surface area contributed by atoms with E-state index in [2.05, 4.69) is 23.7 Å². The zero-order valence-corrected chi connectivity index (χ0v) is 22.3. The highest BCUT2D eigenvalue weighted by Crippen LogP contribution is 2.31. The summed E-state index contributed by atoms with van der Waals surface area (Å²) in [5, 5.41) is 0.618. The number of fused-ring (bicyclic) bond motifs is 1. The molecule has 0 atom stereocenters. The molecule has 2 aromatic carbocycles. The van der Waals surface area contributed by atoms with Crippen LogP contribution in [0, 0.1) is 0 Å². The van der Waals surface area contributed by atoms with Gasteiger partial charge in [0.25, 0.3) is 0 Å². The molecule has 6 nitrogen and oxygen atoms in total. The number of amides is 1. The van der Waals surface area contributed by atoms with Gasteiger partial charge in [0.1, 0.15) is 0 Å². The Morgan fingerprint density at radius 1 is 1.06 bits per heavy atom. The molecule has 0 saturated carbocycles. The maximum Gasteiger partial charge on any atom is 0.229 e. The van der Waals surface area contributed by atoms with Crippen LogP contribution in [0.3, 0.4) is 0 Å². The van der Waals surface area contributed by atoms with Crippen LogP contribution in [0.4, 0.5) is 5.13 Å². The molecule has 0 unspecified atom stereocenters. The lowest BCUT2D eigenvalue weighted by Gasteiger charge is -2.24. The second-order valence-electron chi connectivity index (χ2n) is 7.38. The fourth-order valence-electron chi connectivity index (χ4n) is 3.26. The SMILES string of the molecule is CCN(CC)CCN(C(=O)CCSc1ccccc1)c1nc2ccc(S(C)(=O)=O)cc2s1.Cl. The summed E-state index contributed by atoms with van der Waals surface area (Å²) in [6.07, 6.45) is 1.60. The van der Waals surface area contributed by atoms with Gasteiger partial charge >= 0.3 is 0 Å². The van der Waals surface area contributed by atoms with Crippen LogP contribution in [0.5, 0.6) is 0 Å². The molecule has 0 aliphatic rings. The Morgan fingerprint density at radius 3 is 2.39 bits per heavy atom. The number of aromatic nitrogens is 1. The first-order valence-corrected chi connectivity index (χ1v) is 14.3. The van der Waals surface area contributed by atoms with Crippen molar-refractivity contribution >= 4 is 66.6 Å². The number of hydrogen-bond donors (Lipinski definition) is 0. The number of carbonyl (C=O) groups is 1. The highest BCUT2D eigenvalue weighted by atomic mass is 35.5. The normalized spacial score (nSPS) is 11.5. The van der Waals surface area contributed by atoms with E-state index in [0.29, 0.717) is 29.4 Å². The van der Waals surface area contributed by atoms with Gasteiger partial charge in [0.15, 0.2) is 15.0 Å². The molecule has 10 heteroatoms. The summed E-state index contributed by atoms with van der Waals surface area (Å²) < 4.78 is 24.6. The van der Waals surface area contributed by atoms with Crippen molar-refractivity contribution in [2.24, 2.45) is 0 Å². The predicted octanol–water partition coefficient (Wildman–Crippen LogP) is 4.98. The molecule has 0 N–H and O–H groups in total. The van der Waals surface area contributed by atoms with Crippen molar-refractivity contribution in [3.05, 3.63) is 48.5 Å². The summed E-state index contributed by atoms with van der Waals surface area (Å²) in [5.74, 6) is 0.719. The fraction of sp³-hybridized carbons (Fsp3) is 0.391. The maximum absolute atomic E-state index is 13.2. The molecule has 0 aliphatic heterocycles. The Kier molecular flexibility index (Phi) is 10.6. The molecule has 1 aromatic heterocycles. The third-order valence-corrected chi connectivity index (χ3v) is 8.34. The van der Waals surface area contributed by atoms with Gasteiger partial charge in [-0.3, -0.25) is 9.69 Å². The molecule has 3 rings (SSSR count). The summed E-state index contributed by atoms with van der Waals surface area (Å²) in [6, 6.07) is 15.0. The van der Waals surface area contributed by atoms with Crippen molar-refractivity contribution < 1.29 is 13.2 Å². The van der Waals surface area contributed by atoms with Crippen molar-refractivity contribution in [3.63, 3.8) is 0 Å². The Labute approximate surface area is 210 Å². The van der Waals surface area contributed by atoms with Gasteiger partial charge in [-0.2, -0.15) is 0 Å². The number of rotatable bonds is 11. The largest absolute Gasteiger partial charge is 0.302 e. The number of hydrogen-bond acceptors (Lipinski definition) is 7. The van der Waals surface area contributed by atoms with Crippen molar-refractivity contribution in [2.75, 3.05) is 43.1 Å². The Hall–Kier alpha value is -1.65. The second-order valence-corrected chi connectivity index (χ2v) is 11.6. The molecule has 33 heavy (non-hydrogen) atoms. The topological polar surface area (TPSA) is 70.6 Å².